The molecule has 0 aliphatic heterocycles. The van der Waals surface area contributed by atoms with Crippen molar-refractivity contribution >= 4 is 11.8 Å². The molecule has 0 saturated heterocycles. The molecule has 2 rings (SSSR count). The molecule has 0 radical (unpaired) electrons. The van der Waals surface area contributed by atoms with Crippen LogP contribution in [0, 0.1) is 5.92 Å². The quantitative estimate of drug-likeness (QED) is 0.830. The molecule has 1 aliphatic carbocycles. The fourth-order valence-corrected chi connectivity index (χ4v) is 4.81. The highest BCUT2D eigenvalue weighted by atomic mass is 32.2. The van der Waals surface area contributed by atoms with Gasteiger partial charge in [0.2, 0.25) is 0 Å². The lowest BCUT2D eigenvalue weighted by molar-refractivity contribution is 0.393. The maximum absolute atomic E-state index is 6.46. The lowest BCUT2D eigenvalue weighted by atomic mass is 9.90. The fourth-order valence-electron chi connectivity index (χ4n) is 3.14. The van der Waals surface area contributed by atoms with Crippen molar-refractivity contribution in [3.05, 3.63) is 35.4 Å². The number of rotatable bonds is 5. The van der Waals surface area contributed by atoms with Crippen molar-refractivity contribution in [2.24, 2.45) is 11.7 Å². The van der Waals surface area contributed by atoms with Gasteiger partial charge in [-0.2, -0.15) is 11.8 Å². The second-order valence-corrected chi connectivity index (χ2v) is 8.04. The van der Waals surface area contributed by atoms with Crippen molar-refractivity contribution in [2.45, 2.75) is 69.4 Å². The highest BCUT2D eigenvalue weighted by Gasteiger charge is 2.24. The molecule has 1 saturated carbocycles. The molecule has 1 nitrogen and oxygen atoms in total. The number of hydrogen-bond donors (Lipinski definition) is 1. The van der Waals surface area contributed by atoms with Crippen LogP contribution in [-0.4, -0.2) is 10.5 Å². The molecule has 1 aromatic rings. The highest BCUT2D eigenvalue weighted by molar-refractivity contribution is 8.00. The average Bonchev–Trinajstić information content (AvgIpc) is 2.46. The van der Waals surface area contributed by atoms with E-state index in [1.165, 1.54) is 36.8 Å². The summed E-state index contributed by atoms with van der Waals surface area (Å²) in [4.78, 5) is 0. The molecule has 0 spiro atoms. The van der Waals surface area contributed by atoms with E-state index >= 15 is 0 Å². The SMILES string of the molecule is CCc1ccc(C(N)C(C)SC2CCCC(C)C2)cc1. The van der Waals surface area contributed by atoms with Gasteiger partial charge in [0.15, 0.2) is 0 Å². The normalized spacial score (nSPS) is 26.2. The van der Waals surface area contributed by atoms with Crippen LogP contribution >= 0.6 is 11.8 Å². The topological polar surface area (TPSA) is 26.0 Å². The summed E-state index contributed by atoms with van der Waals surface area (Å²) in [6.45, 7) is 6.88. The molecule has 4 atom stereocenters. The van der Waals surface area contributed by atoms with Crippen LogP contribution in [0.1, 0.15) is 63.6 Å². The summed E-state index contributed by atoms with van der Waals surface area (Å²) in [6.07, 6.45) is 6.65. The predicted molar refractivity (Wildman–Crippen MR) is 91.2 cm³/mol. The molecule has 0 amide bonds. The summed E-state index contributed by atoms with van der Waals surface area (Å²) in [6, 6.07) is 9.02. The number of hydrogen-bond acceptors (Lipinski definition) is 2. The van der Waals surface area contributed by atoms with Crippen molar-refractivity contribution in [1.82, 2.24) is 0 Å². The first kappa shape index (κ1) is 15.9. The Bertz CT molecular complexity index is 400. The molecule has 1 aromatic carbocycles. The number of thioether (sulfide) groups is 1. The van der Waals surface area contributed by atoms with Gasteiger partial charge in [-0.25, -0.2) is 0 Å². The first-order valence-electron chi connectivity index (χ1n) is 8.10. The van der Waals surface area contributed by atoms with Crippen molar-refractivity contribution in [1.29, 1.82) is 0 Å². The lowest BCUT2D eigenvalue weighted by Crippen LogP contribution is -2.25. The van der Waals surface area contributed by atoms with Crippen molar-refractivity contribution in [3.8, 4) is 0 Å². The molecule has 4 unspecified atom stereocenters. The zero-order valence-electron chi connectivity index (χ0n) is 13.1. The minimum absolute atomic E-state index is 0.156. The van der Waals surface area contributed by atoms with Gasteiger partial charge in [-0.1, -0.05) is 57.9 Å². The summed E-state index contributed by atoms with van der Waals surface area (Å²) in [5.74, 6) is 0.897. The summed E-state index contributed by atoms with van der Waals surface area (Å²) >= 11 is 2.11. The summed E-state index contributed by atoms with van der Waals surface area (Å²) < 4.78 is 0. The Morgan fingerprint density at radius 2 is 1.95 bits per heavy atom. The lowest BCUT2D eigenvalue weighted by Gasteiger charge is -2.30. The molecule has 1 fully saturated rings. The maximum atomic E-state index is 6.46. The van der Waals surface area contributed by atoms with Crippen LogP contribution in [0.25, 0.3) is 0 Å². The van der Waals surface area contributed by atoms with Crippen LogP contribution in [0.15, 0.2) is 24.3 Å². The third-order valence-electron chi connectivity index (χ3n) is 4.57. The molecule has 112 valence electrons. The first-order valence-corrected chi connectivity index (χ1v) is 9.04. The van der Waals surface area contributed by atoms with Gasteiger partial charge < -0.3 is 5.73 Å². The van der Waals surface area contributed by atoms with E-state index < -0.39 is 0 Å². The Hall–Kier alpha value is -0.470. The van der Waals surface area contributed by atoms with Crippen molar-refractivity contribution in [3.63, 3.8) is 0 Å². The van der Waals surface area contributed by atoms with Crippen LogP contribution in [0.2, 0.25) is 0 Å². The number of aryl methyl sites for hydroxylation is 1. The standard InChI is InChI=1S/C18H29NS/c1-4-15-8-10-16(11-9-15)18(19)14(3)20-17-7-5-6-13(2)12-17/h8-11,13-14,17-18H,4-7,12,19H2,1-3H3. The Morgan fingerprint density at radius 3 is 2.55 bits per heavy atom. The maximum Gasteiger partial charge on any atom is 0.0412 e. The van der Waals surface area contributed by atoms with Crippen LogP contribution in [-0.2, 0) is 6.42 Å². The predicted octanol–water partition coefficient (Wildman–Crippen LogP) is 4.95. The third-order valence-corrected chi connectivity index (χ3v) is 6.11. The molecular weight excluding hydrogens is 262 g/mol. The minimum Gasteiger partial charge on any atom is -0.323 e. The van der Waals surface area contributed by atoms with Crippen LogP contribution in [0.5, 0.6) is 0 Å². The zero-order valence-corrected chi connectivity index (χ0v) is 14.0. The Labute approximate surface area is 128 Å². The van der Waals surface area contributed by atoms with E-state index in [0.29, 0.717) is 5.25 Å². The van der Waals surface area contributed by atoms with E-state index in [0.717, 1.165) is 17.6 Å². The van der Waals surface area contributed by atoms with Crippen molar-refractivity contribution in [2.75, 3.05) is 0 Å². The van der Waals surface area contributed by atoms with Gasteiger partial charge in [-0.15, -0.1) is 0 Å². The molecule has 2 N–H and O–H groups in total. The van der Waals surface area contributed by atoms with Gasteiger partial charge in [0.05, 0.1) is 0 Å². The second kappa shape index (κ2) is 7.51. The van der Waals surface area contributed by atoms with Gasteiger partial charge >= 0.3 is 0 Å². The van der Waals surface area contributed by atoms with Gasteiger partial charge in [0, 0.05) is 16.5 Å². The van der Waals surface area contributed by atoms with E-state index in [4.69, 9.17) is 5.73 Å². The molecule has 0 aromatic heterocycles. The van der Waals surface area contributed by atoms with Gasteiger partial charge in [0.25, 0.3) is 0 Å². The first-order chi connectivity index (χ1) is 9.60. The number of benzene rings is 1. The van der Waals surface area contributed by atoms with E-state index in [2.05, 4.69) is 56.8 Å². The van der Waals surface area contributed by atoms with Crippen LogP contribution < -0.4 is 5.73 Å². The monoisotopic (exact) mass is 291 g/mol. The van der Waals surface area contributed by atoms with Crippen LogP contribution in [0.4, 0.5) is 0 Å². The molecule has 0 heterocycles. The summed E-state index contributed by atoms with van der Waals surface area (Å²) in [5.41, 5.74) is 9.14. The van der Waals surface area contributed by atoms with E-state index in [1.807, 2.05) is 0 Å². The average molecular weight is 292 g/mol. The second-order valence-electron chi connectivity index (χ2n) is 6.36. The smallest absolute Gasteiger partial charge is 0.0412 e. The highest BCUT2D eigenvalue weighted by Crippen LogP contribution is 2.37. The molecule has 2 heteroatoms. The van der Waals surface area contributed by atoms with E-state index in [-0.39, 0.29) is 6.04 Å². The Balaban J connectivity index is 1.91. The zero-order chi connectivity index (χ0) is 14.5. The molecule has 20 heavy (non-hydrogen) atoms. The summed E-state index contributed by atoms with van der Waals surface area (Å²) in [7, 11) is 0. The molecule has 1 aliphatic rings. The largest absolute Gasteiger partial charge is 0.323 e. The van der Waals surface area contributed by atoms with Crippen LogP contribution in [0.3, 0.4) is 0 Å². The van der Waals surface area contributed by atoms with Gasteiger partial charge in [-0.05, 0) is 36.3 Å². The van der Waals surface area contributed by atoms with E-state index in [9.17, 15) is 0 Å². The Kier molecular flexibility index (Phi) is 5.98. The Morgan fingerprint density at radius 1 is 1.25 bits per heavy atom. The molecule has 0 bridgehead atoms. The van der Waals surface area contributed by atoms with Gasteiger partial charge in [-0.3, -0.25) is 0 Å². The van der Waals surface area contributed by atoms with Crippen molar-refractivity contribution < 1.29 is 0 Å². The molecular formula is C18H29NS. The van der Waals surface area contributed by atoms with E-state index in [1.54, 1.807) is 0 Å². The number of nitrogens with two attached hydrogens (primary N) is 1. The third kappa shape index (κ3) is 4.26. The summed E-state index contributed by atoms with van der Waals surface area (Å²) in [5, 5.41) is 1.31. The fraction of sp³-hybridized carbons (Fsp3) is 0.667. The minimum atomic E-state index is 0.156. The van der Waals surface area contributed by atoms with Gasteiger partial charge in [0.1, 0.15) is 0 Å².